The normalized spacial score (nSPS) is 20.9. The second-order valence-corrected chi connectivity index (χ2v) is 6.51. The molecular weight excluding hydrogens is 304 g/mol. The van der Waals surface area contributed by atoms with Gasteiger partial charge in [0.15, 0.2) is 0 Å². The van der Waals surface area contributed by atoms with E-state index in [-0.39, 0.29) is 18.6 Å². The monoisotopic (exact) mass is 332 g/mol. The zero-order valence-electron chi connectivity index (χ0n) is 14.2. The maximum absolute atomic E-state index is 12.0. The largest absolute Gasteiger partial charge is 0.396 e. The van der Waals surface area contributed by atoms with E-state index in [0.717, 1.165) is 44.9 Å². The van der Waals surface area contributed by atoms with Crippen molar-refractivity contribution in [2.75, 3.05) is 13.2 Å². The maximum Gasteiger partial charge on any atom is 0.309 e. The highest BCUT2D eigenvalue weighted by Crippen LogP contribution is 2.23. The maximum atomic E-state index is 12.0. The summed E-state index contributed by atoms with van der Waals surface area (Å²) < 4.78 is 0. The lowest BCUT2D eigenvalue weighted by Gasteiger charge is -2.24. The third-order valence-electron chi connectivity index (χ3n) is 4.69. The number of hydrogen-bond acceptors (Lipinski definition) is 3. The summed E-state index contributed by atoms with van der Waals surface area (Å²) in [6, 6.07) is 9.96. The molecule has 2 amide bonds. The molecule has 3 N–H and O–H groups in total. The van der Waals surface area contributed by atoms with E-state index in [1.165, 1.54) is 5.56 Å². The number of aryl methyl sites for hydroxylation is 1. The fourth-order valence-corrected chi connectivity index (χ4v) is 3.25. The van der Waals surface area contributed by atoms with Gasteiger partial charge in [-0.05, 0) is 31.2 Å². The molecule has 0 saturated heterocycles. The summed E-state index contributed by atoms with van der Waals surface area (Å²) >= 11 is 0. The number of carbonyl (C=O) groups excluding carboxylic acids is 2. The highest BCUT2D eigenvalue weighted by atomic mass is 16.3. The Labute approximate surface area is 143 Å². The molecule has 0 bridgehead atoms. The Morgan fingerprint density at radius 2 is 1.79 bits per heavy atom. The van der Waals surface area contributed by atoms with Crippen LogP contribution in [0.5, 0.6) is 0 Å². The molecule has 2 atom stereocenters. The summed E-state index contributed by atoms with van der Waals surface area (Å²) in [5.74, 6) is -1.11. The molecule has 1 aromatic carbocycles. The van der Waals surface area contributed by atoms with E-state index >= 15 is 0 Å². The highest BCUT2D eigenvalue weighted by Gasteiger charge is 2.26. The molecule has 1 aromatic rings. The Morgan fingerprint density at radius 1 is 1.04 bits per heavy atom. The van der Waals surface area contributed by atoms with E-state index in [2.05, 4.69) is 22.8 Å². The Hall–Kier alpha value is -1.88. The van der Waals surface area contributed by atoms with E-state index in [1.54, 1.807) is 0 Å². The fourth-order valence-electron chi connectivity index (χ4n) is 3.25. The first kappa shape index (κ1) is 18.5. The van der Waals surface area contributed by atoms with Crippen LogP contribution in [-0.4, -0.2) is 36.1 Å². The quantitative estimate of drug-likeness (QED) is 0.422. The first-order chi connectivity index (χ1) is 11.7. The summed E-state index contributed by atoms with van der Waals surface area (Å²) in [5, 5.41) is 15.0. The minimum absolute atomic E-state index is 0.0577. The zero-order chi connectivity index (χ0) is 17.2. The number of hydrogen-bond donors (Lipinski definition) is 3. The summed E-state index contributed by atoms with van der Waals surface area (Å²) in [6.07, 6.45) is 6.63. The molecule has 24 heavy (non-hydrogen) atoms. The zero-order valence-corrected chi connectivity index (χ0v) is 14.2. The molecule has 1 saturated carbocycles. The van der Waals surface area contributed by atoms with Crippen LogP contribution in [0, 0.1) is 5.92 Å². The lowest BCUT2D eigenvalue weighted by molar-refractivity contribution is -0.139. The van der Waals surface area contributed by atoms with Crippen LogP contribution < -0.4 is 10.6 Å². The van der Waals surface area contributed by atoms with Crippen molar-refractivity contribution >= 4 is 11.8 Å². The first-order valence-electron chi connectivity index (χ1n) is 8.94. The molecule has 132 valence electrons. The van der Waals surface area contributed by atoms with E-state index in [4.69, 9.17) is 0 Å². The van der Waals surface area contributed by atoms with Crippen molar-refractivity contribution in [1.29, 1.82) is 0 Å². The van der Waals surface area contributed by atoms with E-state index in [9.17, 15) is 14.7 Å². The second kappa shape index (κ2) is 10.1. The van der Waals surface area contributed by atoms with E-state index in [0.29, 0.717) is 6.54 Å². The van der Waals surface area contributed by atoms with Gasteiger partial charge in [0.1, 0.15) is 0 Å². The van der Waals surface area contributed by atoms with Gasteiger partial charge in [0, 0.05) is 25.1 Å². The van der Waals surface area contributed by atoms with Gasteiger partial charge < -0.3 is 15.7 Å². The number of rotatable bonds is 6. The third kappa shape index (κ3) is 5.96. The molecular formula is C19H28N2O3. The molecule has 0 aromatic heterocycles. The standard InChI is InChI=1S/C19H28N2O3/c22-14-16-11-5-2-6-12-17(16)21-19(24)18(23)20-13-7-10-15-8-3-1-4-9-15/h1,3-4,8-9,16-17,22H,2,5-7,10-14H2,(H,20,23)(H,21,24). The Kier molecular flexibility index (Phi) is 7.75. The number of benzene rings is 1. The lowest BCUT2D eigenvalue weighted by Crippen LogP contribution is -2.48. The first-order valence-corrected chi connectivity index (χ1v) is 8.94. The van der Waals surface area contributed by atoms with Gasteiger partial charge in [0.2, 0.25) is 0 Å². The van der Waals surface area contributed by atoms with Crippen LogP contribution in [0.25, 0.3) is 0 Å². The minimum atomic E-state index is -0.583. The third-order valence-corrected chi connectivity index (χ3v) is 4.69. The molecule has 2 rings (SSSR count). The predicted octanol–water partition coefficient (Wildman–Crippen LogP) is 1.79. The molecule has 2 unspecified atom stereocenters. The van der Waals surface area contributed by atoms with Crippen molar-refractivity contribution in [3.63, 3.8) is 0 Å². The Bertz CT molecular complexity index is 519. The van der Waals surface area contributed by atoms with Crippen LogP contribution in [0.4, 0.5) is 0 Å². The molecule has 5 nitrogen and oxygen atoms in total. The molecule has 0 radical (unpaired) electrons. The van der Waals surface area contributed by atoms with Crippen molar-refractivity contribution in [1.82, 2.24) is 10.6 Å². The SMILES string of the molecule is O=C(NCCCc1ccccc1)C(=O)NC1CCCCCC1CO. The van der Waals surface area contributed by atoms with Gasteiger partial charge in [-0.3, -0.25) is 9.59 Å². The van der Waals surface area contributed by atoms with E-state index in [1.807, 2.05) is 18.2 Å². The number of carbonyl (C=O) groups is 2. The lowest BCUT2D eigenvalue weighted by atomic mass is 9.95. The molecule has 0 spiro atoms. The van der Waals surface area contributed by atoms with Crippen LogP contribution in [0.3, 0.4) is 0 Å². The van der Waals surface area contributed by atoms with Crippen LogP contribution in [0.1, 0.15) is 44.1 Å². The van der Waals surface area contributed by atoms with Gasteiger partial charge >= 0.3 is 11.8 Å². The topological polar surface area (TPSA) is 78.4 Å². The molecule has 0 heterocycles. The van der Waals surface area contributed by atoms with Crippen LogP contribution in [-0.2, 0) is 16.0 Å². The molecule has 1 aliphatic carbocycles. The van der Waals surface area contributed by atoms with Crippen molar-refractivity contribution in [3.05, 3.63) is 35.9 Å². The Morgan fingerprint density at radius 3 is 2.54 bits per heavy atom. The van der Waals surface area contributed by atoms with Crippen molar-refractivity contribution < 1.29 is 14.7 Å². The fraction of sp³-hybridized carbons (Fsp3) is 0.579. The summed E-state index contributed by atoms with van der Waals surface area (Å²) in [5.41, 5.74) is 1.22. The van der Waals surface area contributed by atoms with Gasteiger partial charge in [0.05, 0.1) is 0 Å². The minimum Gasteiger partial charge on any atom is -0.396 e. The van der Waals surface area contributed by atoms with Crippen molar-refractivity contribution in [3.8, 4) is 0 Å². The predicted molar refractivity (Wildman–Crippen MR) is 93.4 cm³/mol. The summed E-state index contributed by atoms with van der Waals surface area (Å²) in [6.45, 7) is 0.541. The summed E-state index contributed by atoms with van der Waals surface area (Å²) in [7, 11) is 0. The number of nitrogens with one attached hydrogen (secondary N) is 2. The van der Waals surface area contributed by atoms with Crippen LogP contribution >= 0.6 is 0 Å². The molecule has 5 heteroatoms. The van der Waals surface area contributed by atoms with Gasteiger partial charge in [-0.15, -0.1) is 0 Å². The van der Waals surface area contributed by atoms with Gasteiger partial charge in [0.25, 0.3) is 0 Å². The average Bonchev–Trinajstić information content (AvgIpc) is 2.84. The molecule has 1 aliphatic rings. The number of amides is 2. The van der Waals surface area contributed by atoms with Gasteiger partial charge in [-0.2, -0.15) is 0 Å². The number of aliphatic hydroxyl groups is 1. The summed E-state index contributed by atoms with van der Waals surface area (Å²) in [4.78, 5) is 24.0. The second-order valence-electron chi connectivity index (χ2n) is 6.51. The van der Waals surface area contributed by atoms with Crippen LogP contribution in [0.15, 0.2) is 30.3 Å². The smallest absolute Gasteiger partial charge is 0.309 e. The van der Waals surface area contributed by atoms with Crippen molar-refractivity contribution in [2.45, 2.75) is 51.0 Å². The van der Waals surface area contributed by atoms with Gasteiger partial charge in [-0.1, -0.05) is 49.6 Å². The Balaban J connectivity index is 1.70. The average molecular weight is 332 g/mol. The molecule has 1 fully saturated rings. The van der Waals surface area contributed by atoms with E-state index < -0.39 is 11.8 Å². The highest BCUT2D eigenvalue weighted by molar-refractivity contribution is 6.35. The van der Waals surface area contributed by atoms with Crippen molar-refractivity contribution in [2.24, 2.45) is 5.92 Å². The van der Waals surface area contributed by atoms with Crippen LogP contribution in [0.2, 0.25) is 0 Å². The molecule has 0 aliphatic heterocycles. The van der Waals surface area contributed by atoms with Gasteiger partial charge in [-0.25, -0.2) is 0 Å². The number of aliphatic hydroxyl groups excluding tert-OH is 1.